The van der Waals surface area contributed by atoms with Crippen molar-refractivity contribution in [1.82, 2.24) is 8.97 Å². The molecule has 0 fully saturated rings. The number of aryl methyl sites for hydroxylation is 2. The first-order valence-electron chi connectivity index (χ1n) is 4.70. The highest BCUT2D eigenvalue weighted by molar-refractivity contribution is 5.53. The Morgan fingerprint density at radius 3 is 3.00 bits per heavy atom. The summed E-state index contributed by atoms with van der Waals surface area (Å²) in [7, 11) is 2.07. The van der Waals surface area contributed by atoms with Crippen LogP contribution >= 0.6 is 0 Å². The Labute approximate surface area is 81.8 Å². The van der Waals surface area contributed by atoms with Gasteiger partial charge in [-0.05, 0) is 19.1 Å². The van der Waals surface area contributed by atoms with Gasteiger partial charge in [0.25, 0.3) is 5.65 Å². The minimum absolute atomic E-state index is 1.23. The molecule has 3 heterocycles. The van der Waals surface area contributed by atoms with E-state index in [1.54, 1.807) is 0 Å². The fourth-order valence-corrected chi connectivity index (χ4v) is 1.96. The van der Waals surface area contributed by atoms with Crippen LogP contribution in [-0.4, -0.2) is 8.97 Å². The average molecular weight is 186 g/mol. The van der Waals surface area contributed by atoms with Gasteiger partial charge in [-0.15, -0.1) is 0 Å². The summed E-state index contributed by atoms with van der Waals surface area (Å²) in [6.45, 7) is 2.13. The Morgan fingerprint density at radius 2 is 2.14 bits per heavy atom. The van der Waals surface area contributed by atoms with Crippen LogP contribution in [-0.2, 0) is 7.05 Å². The van der Waals surface area contributed by atoms with E-state index >= 15 is 0 Å². The minimum atomic E-state index is 1.23. The second kappa shape index (κ2) is 2.38. The van der Waals surface area contributed by atoms with Crippen molar-refractivity contribution in [2.45, 2.75) is 6.92 Å². The van der Waals surface area contributed by atoms with Crippen molar-refractivity contribution in [3.63, 3.8) is 0 Å². The molecule has 70 valence electrons. The van der Waals surface area contributed by atoms with Gasteiger partial charge in [-0.3, -0.25) is 4.57 Å². The monoisotopic (exact) mass is 186 g/mol. The first-order valence-corrected chi connectivity index (χ1v) is 4.70. The van der Waals surface area contributed by atoms with Gasteiger partial charge < -0.3 is 0 Å². The van der Waals surface area contributed by atoms with Crippen LogP contribution < -0.4 is 4.40 Å². The normalized spacial score (nSPS) is 11.6. The molecule has 0 radical (unpaired) electrons. The van der Waals surface area contributed by atoms with E-state index in [1.165, 1.54) is 16.9 Å². The minimum Gasteiger partial charge on any atom is -0.266 e. The Bertz CT molecular complexity index is 616. The number of pyridine rings is 1. The van der Waals surface area contributed by atoms with Crippen LogP contribution in [0.15, 0.2) is 36.9 Å². The molecule has 0 saturated carbocycles. The van der Waals surface area contributed by atoms with Crippen molar-refractivity contribution in [2.24, 2.45) is 7.05 Å². The number of nitrogens with zero attached hydrogens (tertiary/aromatic N) is 3. The fourth-order valence-electron chi connectivity index (χ4n) is 1.96. The maximum absolute atomic E-state index is 2.20. The molecule has 0 amide bonds. The van der Waals surface area contributed by atoms with Gasteiger partial charge in [0.2, 0.25) is 0 Å². The Morgan fingerprint density at radius 1 is 1.29 bits per heavy atom. The predicted molar refractivity (Wildman–Crippen MR) is 54.3 cm³/mol. The van der Waals surface area contributed by atoms with Gasteiger partial charge in [0, 0.05) is 0 Å². The van der Waals surface area contributed by atoms with Crippen LogP contribution in [0.5, 0.6) is 0 Å². The largest absolute Gasteiger partial charge is 0.272 e. The lowest BCUT2D eigenvalue weighted by atomic mass is 10.4. The highest BCUT2D eigenvalue weighted by Gasteiger charge is 2.14. The summed E-state index contributed by atoms with van der Waals surface area (Å²) < 4.78 is 6.49. The van der Waals surface area contributed by atoms with E-state index < -0.39 is 0 Å². The number of fused-ring (bicyclic) bond motifs is 3. The molecule has 0 aliphatic heterocycles. The Balaban J connectivity index is 2.62. The molecule has 0 N–H and O–H groups in total. The third kappa shape index (κ3) is 0.789. The maximum atomic E-state index is 2.20. The average Bonchev–Trinajstić information content (AvgIpc) is 2.65. The molecule has 0 unspecified atom stereocenters. The highest BCUT2D eigenvalue weighted by atomic mass is 15.2. The number of imidazole rings is 2. The highest BCUT2D eigenvalue weighted by Crippen LogP contribution is 2.10. The van der Waals surface area contributed by atoms with E-state index in [4.69, 9.17) is 0 Å². The number of hydrogen-bond donors (Lipinski definition) is 0. The number of hydrogen-bond acceptors (Lipinski definition) is 0. The molecule has 3 nitrogen and oxygen atoms in total. The first-order chi connectivity index (χ1) is 6.77. The van der Waals surface area contributed by atoms with Crippen LogP contribution in [0, 0.1) is 6.92 Å². The Kier molecular flexibility index (Phi) is 1.29. The molecule has 0 aliphatic carbocycles. The van der Waals surface area contributed by atoms with Crippen molar-refractivity contribution in [1.29, 1.82) is 0 Å². The van der Waals surface area contributed by atoms with Crippen molar-refractivity contribution >= 4 is 11.2 Å². The molecule has 3 heteroatoms. The second-order valence-electron chi connectivity index (χ2n) is 3.67. The summed E-state index contributed by atoms with van der Waals surface area (Å²) in [5.74, 6) is 0. The summed E-state index contributed by atoms with van der Waals surface area (Å²) in [6.07, 6.45) is 6.33. The molecule has 0 aliphatic rings. The van der Waals surface area contributed by atoms with E-state index in [0.717, 1.165) is 0 Å². The summed E-state index contributed by atoms with van der Waals surface area (Å²) in [5, 5.41) is 0. The van der Waals surface area contributed by atoms with Crippen LogP contribution in [0.4, 0.5) is 0 Å². The fraction of sp³-hybridized carbons (Fsp3) is 0.182. The SMILES string of the molecule is Cc1c2n3ccccc3c[n+]2cn1C. The first kappa shape index (κ1) is 7.62. The molecule has 0 saturated heterocycles. The van der Waals surface area contributed by atoms with E-state index in [0.29, 0.717) is 0 Å². The second-order valence-corrected chi connectivity index (χ2v) is 3.67. The van der Waals surface area contributed by atoms with Crippen molar-refractivity contribution in [2.75, 3.05) is 0 Å². The predicted octanol–water partition coefficient (Wildman–Crippen LogP) is 1.32. The number of aromatic nitrogens is 3. The lowest BCUT2D eigenvalue weighted by Crippen LogP contribution is -2.14. The zero-order valence-electron chi connectivity index (χ0n) is 8.31. The van der Waals surface area contributed by atoms with Crippen LogP contribution in [0.25, 0.3) is 11.2 Å². The maximum Gasteiger partial charge on any atom is 0.272 e. The molecule has 3 rings (SSSR count). The third-order valence-corrected chi connectivity index (χ3v) is 2.79. The van der Waals surface area contributed by atoms with Gasteiger partial charge in [-0.1, -0.05) is 6.07 Å². The van der Waals surface area contributed by atoms with Crippen LogP contribution in [0.1, 0.15) is 5.69 Å². The smallest absolute Gasteiger partial charge is 0.266 e. The molecule has 0 spiro atoms. The van der Waals surface area contributed by atoms with E-state index in [9.17, 15) is 0 Å². The molecule has 14 heavy (non-hydrogen) atoms. The zero-order chi connectivity index (χ0) is 9.71. The van der Waals surface area contributed by atoms with Crippen LogP contribution in [0.2, 0.25) is 0 Å². The van der Waals surface area contributed by atoms with Gasteiger partial charge in [-0.2, -0.15) is 0 Å². The summed E-state index contributed by atoms with van der Waals surface area (Å²) >= 11 is 0. The van der Waals surface area contributed by atoms with Gasteiger partial charge in [0.05, 0.1) is 13.2 Å². The van der Waals surface area contributed by atoms with E-state index in [1.807, 2.05) is 0 Å². The summed E-state index contributed by atoms with van der Waals surface area (Å²) in [5.41, 5.74) is 3.74. The van der Waals surface area contributed by atoms with Crippen molar-refractivity contribution in [3.05, 3.63) is 42.6 Å². The van der Waals surface area contributed by atoms with Gasteiger partial charge >= 0.3 is 0 Å². The van der Waals surface area contributed by atoms with Crippen molar-refractivity contribution in [3.8, 4) is 0 Å². The molecule has 0 aromatic carbocycles. The van der Waals surface area contributed by atoms with Gasteiger partial charge in [0.15, 0.2) is 6.33 Å². The third-order valence-electron chi connectivity index (χ3n) is 2.79. The quantitative estimate of drug-likeness (QED) is 0.470. The molecular formula is C11H12N3+. The van der Waals surface area contributed by atoms with E-state index in [2.05, 4.69) is 64.3 Å². The number of rotatable bonds is 0. The lowest BCUT2D eigenvalue weighted by molar-refractivity contribution is -0.510. The Hall–Kier alpha value is -1.77. The van der Waals surface area contributed by atoms with Gasteiger partial charge in [0.1, 0.15) is 17.4 Å². The lowest BCUT2D eigenvalue weighted by Gasteiger charge is -1.89. The van der Waals surface area contributed by atoms with Gasteiger partial charge in [-0.25, -0.2) is 8.80 Å². The summed E-state index contributed by atoms with van der Waals surface area (Å²) in [6, 6.07) is 6.23. The van der Waals surface area contributed by atoms with E-state index in [-0.39, 0.29) is 0 Å². The molecule has 3 aromatic rings. The standard InChI is InChI=1S/C11H12N3/c1-9-11-13(8-12(9)2)7-10-5-3-4-6-14(10)11/h3-8H,1-2H3/q+1. The molecule has 3 aromatic heterocycles. The van der Waals surface area contributed by atoms with Crippen LogP contribution in [0.3, 0.4) is 0 Å². The van der Waals surface area contributed by atoms with Crippen molar-refractivity contribution < 1.29 is 4.40 Å². The molecule has 0 bridgehead atoms. The topological polar surface area (TPSA) is 13.4 Å². The zero-order valence-corrected chi connectivity index (χ0v) is 8.31. The molecule has 0 atom stereocenters. The summed E-state index contributed by atoms with van der Waals surface area (Å²) in [4.78, 5) is 0. The molecular weight excluding hydrogens is 174 g/mol.